The number of hydrogen-bond donors (Lipinski definition) is 0. The molecule has 0 N–H and O–H groups in total. The van der Waals surface area contributed by atoms with E-state index in [2.05, 4.69) is 0 Å². The minimum atomic E-state index is -0.507. The molecule has 1 aromatic heterocycles. The van der Waals surface area contributed by atoms with E-state index in [9.17, 15) is 9.59 Å². The lowest BCUT2D eigenvalue weighted by atomic mass is 10.1. The summed E-state index contributed by atoms with van der Waals surface area (Å²) in [5.74, 6) is -0.302. The van der Waals surface area contributed by atoms with E-state index in [0.717, 1.165) is 30.6 Å². The fourth-order valence-corrected chi connectivity index (χ4v) is 4.24. The topological polar surface area (TPSA) is 55.8 Å². The lowest BCUT2D eigenvalue weighted by molar-refractivity contribution is 0.0220. The summed E-state index contributed by atoms with van der Waals surface area (Å²) in [4.78, 5) is 27.4. The first-order valence-corrected chi connectivity index (χ1v) is 9.77. The molecule has 0 aromatic carbocycles. The van der Waals surface area contributed by atoms with Crippen LogP contribution in [0.5, 0.6) is 0 Å². The average molecular weight is 388 g/mol. The number of rotatable bonds is 5. The molecule has 25 heavy (non-hydrogen) atoms. The summed E-state index contributed by atoms with van der Waals surface area (Å²) in [5.41, 5.74) is -0.507. The molecule has 1 fully saturated rings. The number of esters is 1. The normalized spacial score (nSPS) is 20.6. The van der Waals surface area contributed by atoms with Crippen LogP contribution in [0.2, 0.25) is 0 Å². The van der Waals surface area contributed by atoms with Crippen molar-refractivity contribution in [1.29, 1.82) is 0 Å². The Kier molecular flexibility index (Phi) is 6.74. The van der Waals surface area contributed by atoms with E-state index in [1.165, 1.54) is 18.4 Å². The Labute approximate surface area is 158 Å². The molecule has 0 saturated carbocycles. The zero-order valence-electron chi connectivity index (χ0n) is 15.2. The summed E-state index contributed by atoms with van der Waals surface area (Å²) >= 11 is 7.88. The maximum Gasteiger partial charge on any atom is 0.410 e. The van der Waals surface area contributed by atoms with Gasteiger partial charge >= 0.3 is 12.1 Å². The van der Waals surface area contributed by atoms with Gasteiger partial charge in [-0.25, -0.2) is 9.59 Å². The van der Waals surface area contributed by atoms with Crippen LogP contribution in [0, 0.1) is 0 Å². The maximum atomic E-state index is 12.4. The number of methoxy groups -OCH3 is 1. The smallest absolute Gasteiger partial charge is 0.410 e. The van der Waals surface area contributed by atoms with Crippen molar-refractivity contribution in [2.45, 2.75) is 63.5 Å². The fraction of sp³-hybridized carbons (Fsp3) is 0.667. The molecule has 0 radical (unpaired) electrons. The molecule has 1 amide bonds. The van der Waals surface area contributed by atoms with E-state index in [4.69, 9.17) is 21.1 Å². The molecule has 1 aliphatic rings. The Morgan fingerprint density at radius 3 is 2.72 bits per heavy atom. The summed E-state index contributed by atoms with van der Waals surface area (Å²) in [7, 11) is 1.38. The number of hydrogen-bond acceptors (Lipinski definition) is 5. The summed E-state index contributed by atoms with van der Waals surface area (Å²) in [6.07, 6.45) is 3.07. The summed E-state index contributed by atoms with van der Waals surface area (Å²) in [6.45, 7) is 6.23. The van der Waals surface area contributed by atoms with Gasteiger partial charge in [-0.2, -0.15) is 0 Å². The minimum Gasteiger partial charge on any atom is -0.465 e. The number of halogens is 1. The van der Waals surface area contributed by atoms with Gasteiger partial charge in [0.05, 0.1) is 18.5 Å². The van der Waals surface area contributed by atoms with Crippen molar-refractivity contribution >= 4 is 35.0 Å². The van der Waals surface area contributed by atoms with Gasteiger partial charge in [-0.15, -0.1) is 22.9 Å². The molecule has 1 aliphatic heterocycles. The first-order valence-electron chi connectivity index (χ1n) is 8.52. The number of likely N-dealkylation sites (tertiary alicyclic amines) is 1. The molecule has 0 aliphatic carbocycles. The van der Waals surface area contributed by atoms with Crippen molar-refractivity contribution in [3.05, 3.63) is 21.9 Å². The maximum absolute atomic E-state index is 12.4. The monoisotopic (exact) mass is 387 g/mol. The average Bonchev–Trinajstić information content (AvgIpc) is 3.12. The molecule has 1 aromatic rings. The molecular formula is C18H26ClNO4S. The predicted molar refractivity (Wildman–Crippen MR) is 99.6 cm³/mol. The summed E-state index contributed by atoms with van der Waals surface area (Å²) < 4.78 is 10.2. The predicted octanol–water partition coefficient (Wildman–Crippen LogP) is 4.47. The third-order valence-electron chi connectivity index (χ3n) is 4.06. The molecule has 5 nitrogen and oxygen atoms in total. The summed E-state index contributed by atoms with van der Waals surface area (Å²) in [5, 5.41) is -0.0403. The highest BCUT2D eigenvalue weighted by Crippen LogP contribution is 2.29. The van der Waals surface area contributed by atoms with Gasteiger partial charge in [0.25, 0.3) is 0 Å². The van der Waals surface area contributed by atoms with Crippen molar-refractivity contribution in [3.8, 4) is 0 Å². The molecule has 0 bridgehead atoms. The quantitative estimate of drug-likeness (QED) is 0.552. The van der Waals surface area contributed by atoms with Gasteiger partial charge in [-0.05, 0) is 58.6 Å². The highest BCUT2D eigenvalue weighted by atomic mass is 35.5. The number of aryl methyl sites for hydroxylation is 1. The number of nitrogens with zero attached hydrogens (tertiary/aromatic N) is 1. The fourth-order valence-electron chi connectivity index (χ4n) is 2.91. The lowest BCUT2D eigenvalue weighted by Gasteiger charge is -2.29. The van der Waals surface area contributed by atoms with E-state index in [1.54, 1.807) is 11.0 Å². The van der Waals surface area contributed by atoms with Crippen molar-refractivity contribution < 1.29 is 19.1 Å². The molecule has 1 saturated heterocycles. The van der Waals surface area contributed by atoms with Gasteiger partial charge in [0.2, 0.25) is 0 Å². The number of alkyl halides is 1. The molecule has 7 heteroatoms. The number of carbonyl (C=O) groups is 2. The SMILES string of the molecule is COC(=O)c1ccc(CCC[C@H]2[C@H](Cl)CCN2C(=O)OC(C)(C)C)s1. The van der Waals surface area contributed by atoms with Crippen LogP contribution in [0.4, 0.5) is 4.79 Å². The lowest BCUT2D eigenvalue weighted by Crippen LogP contribution is -2.41. The van der Waals surface area contributed by atoms with Crippen molar-refractivity contribution in [1.82, 2.24) is 4.90 Å². The molecule has 0 unspecified atom stereocenters. The Morgan fingerprint density at radius 2 is 2.08 bits per heavy atom. The number of amides is 1. The number of thiophene rings is 1. The van der Waals surface area contributed by atoms with E-state index < -0.39 is 5.60 Å². The third-order valence-corrected chi connectivity index (χ3v) is 5.70. The van der Waals surface area contributed by atoms with Gasteiger partial charge in [0.1, 0.15) is 10.5 Å². The Morgan fingerprint density at radius 1 is 1.36 bits per heavy atom. The molecular weight excluding hydrogens is 362 g/mol. The molecule has 2 atom stereocenters. The number of carbonyl (C=O) groups excluding carboxylic acids is 2. The van der Waals surface area contributed by atoms with Gasteiger partial charge in [0, 0.05) is 11.4 Å². The van der Waals surface area contributed by atoms with Crippen LogP contribution in [-0.2, 0) is 15.9 Å². The zero-order valence-corrected chi connectivity index (χ0v) is 16.8. The zero-order chi connectivity index (χ0) is 18.6. The van der Waals surface area contributed by atoms with Gasteiger partial charge in [0.15, 0.2) is 0 Å². The second-order valence-electron chi connectivity index (χ2n) is 7.20. The van der Waals surface area contributed by atoms with E-state index in [0.29, 0.717) is 11.4 Å². The standard InChI is InChI=1S/C18H26ClNO4S/c1-18(2,3)24-17(22)20-11-10-13(19)14(20)7-5-6-12-8-9-15(25-12)16(21)23-4/h8-9,13-14H,5-7,10-11H2,1-4H3/t13-,14+/m1/s1. The summed E-state index contributed by atoms with van der Waals surface area (Å²) in [6, 6.07) is 3.74. The second kappa shape index (κ2) is 8.41. The van der Waals surface area contributed by atoms with Crippen LogP contribution < -0.4 is 0 Å². The van der Waals surface area contributed by atoms with Crippen LogP contribution in [0.25, 0.3) is 0 Å². The van der Waals surface area contributed by atoms with E-state index >= 15 is 0 Å². The molecule has 140 valence electrons. The van der Waals surface area contributed by atoms with E-state index in [-0.39, 0.29) is 23.5 Å². The largest absolute Gasteiger partial charge is 0.465 e. The van der Waals surface area contributed by atoms with E-state index in [1.807, 2.05) is 26.8 Å². The molecule has 2 heterocycles. The van der Waals surface area contributed by atoms with Crippen LogP contribution in [0.3, 0.4) is 0 Å². The molecule has 0 spiro atoms. The van der Waals surface area contributed by atoms with Crippen molar-refractivity contribution in [3.63, 3.8) is 0 Å². The van der Waals surface area contributed by atoms with Gasteiger partial charge in [-0.3, -0.25) is 0 Å². The van der Waals surface area contributed by atoms with Crippen LogP contribution >= 0.6 is 22.9 Å². The highest BCUT2D eigenvalue weighted by Gasteiger charge is 2.37. The number of ether oxygens (including phenoxy) is 2. The van der Waals surface area contributed by atoms with Gasteiger partial charge in [-0.1, -0.05) is 0 Å². The van der Waals surface area contributed by atoms with Crippen LogP contribution in [0.15, 0.2) is 12.1 Å². The van der Waals surface area contributed by atoms with Gasteiger partial charge < -0.3 is 14.4 Å². The molecule has 2 rings (SSSR count). The Balaban J connectivity index is 1.88. The Hall–Kier alpha value is -1.27. The van der Waals surface area contributed by atoms with Crippen LogP contribution in [-0.4, -0.2) is 47.6 Å². The highest BCUT2D eigenvalue weighted by molar-refractivity contribution is 7.13. The first kappa shape index (κ1) is 20.0. The first-order chi connectivity index (χ1) is 11.7. The minimum absolute atomic E-state index is 0.00319. The third kappa shape index (κ3) is 5.61. The Bertz CT molecular complexity index is 610. The van der Waals surface area contributed by atoms with Crippen molar-refractivity contribution in [2.24, 2.45) is 0 Å². The second-order valence-corrected chi connectivity index (χ2v) is 8.92. The van der Waals surface area contributed by atoms with Crippen molar-refractivity contribution in [2.75, 3.05) is 13.7 Å². The van der Waals surface area contributed by atoms with Crippen LogP contribution in [0.1, 0.15) is 54.6 Å².